The number of imidazole rings is 1. The molecule has 3 aliphatic carbocycles. The zero-order chi connectivity index (χ0) is 21.8. The van der Waals surface area contributed by atoms with E-state index in [0.29, 0.717) is 17.8 Å². The maximum Gasteiger partial charge on any atom is 0.0958 e. The average molecular weight is 423 g/mol. The minimum atomic E-state index is -0.263. The Labute approximate surface area is 186 Å². The van der Waals surface area contributed by atoms with Gasteiger partial charge in [-0.1, -0.05) is 38.1 Å². The van der Waals surface area contributed by atoms with Crippen molar-refractivity contribution in [2.45, 2.75) is 71.4 Å². The highest BCUT2D eigenvalue weighted by Gasteiger charge is 2.56. The van der Waals surface area contributed by atoms with Crippen LogP contribution in [0, 0.1) is 34.5 Å². The summed E-state index contributed by atoms with van der Waals surface area (Å²) < 4.78 is 2.37. The third kappa shape index (κ3) is 3.29. The molecule has 2 N–H and O–H groups in total. The molecule has 1 aromatic heterocycles. The molecule has 2 aromatic rings. The van der Waals surface area contributed by atoms with Gasteiger partial charge in [0.2, 0.25) is 0 Å². The number of aliphatic hydroxyl groups is 2. The van der Waals surface area contributed by atoms with E-state index in [-0.39, 0.29) is 29.5 Å². The highest BCUT2D eigenvalue weighted by Crippen LogP contribution is 2.63. The molecular weight excluding hydrogens is 384 g/mol. The molecule has 168 valence electrons. The van der Waals surface area contributed by atoms with Gasteiger partial charge in [0, 0.05) is 13.2 Å². The van der Waals surface area contributed by atoms with E-state index in [2.05, 4.69) is 54.2 Å². The van der Waals surface area contributed by atoms with Crippen molar-refractivity contribution in [1.82, 2.24) is 9.55 Å². The molecule has 31 heavy (non-hydrogen) atoms. The Balaban J connectivity index is 1.54. The van der Waals surface area contributed by atoms with Gasteiger partial charge in [-0.3, -0.25) is 0 Å². The molecule has 0 spiro atoms. The number of fused-ring (bicyclic) bond motifs is 2. The molecule has 4 heteroatoms. The first kappa shape index (κ1) is 21.2. The maximum absolute atomic E-state index is 10.3. The van der Waals surface area contributed by atoms with Crippen LogP contribution in [0.1, 0.15) is 58.8 Å². The van der Waals surface area contributed by atoms with E-state index >= 15 is 0 Å². The number of hydrogen-bond acceptors (Lipinski definition) is 3. The maximum atomic E-state index is 10.3. The Hall–Kier alpha value is -1.65. The monoisotopic (exact) mass is 422 g/mol. The first-order chi connectivity index (χ1) is 14.9. The van der Waals surface area contributed by atoms with Gasteiger partial charge in [0.1, 0.15) is 0 Å². The van der Waals surface area contributed by atoms with Crippen LogP contribution in [0.15, 0.2) is 42.7 Å². The molecule has 7 atom stereocenters. The summed E-state index contributed by atoms with van der Waals surface area (Å²) in [7, 11) is 0. The van der Waals surface area contributed by atoms with Crippen molar-refractivity contribution in [1.29, 1.82) is 0 Å². The molecule has 3 aliphatic rings. The topological polar surface area (TPSA) is 58.3 Å². The molecule has 0 radical (unpaired) electrons. The quantitative estimate of drug-likeness (QED) is 0.666. The summed E-state index contributed by atoms with van der Waals surface area (Å²) in [6.45, 7) is 10.5. The largest absolute Gasteiger partial charge is 0.396 e. The molecule has 0 amide bonds. The van der Waals surface area contributed by atoms with Crippen LogP contribution in [0.25, 0.3) is 11.0 Å². The average Bonchev–Trinajstić information content (AvgIpc) is 3.31. The summed E-state index contributed by atoms with van der Waals surface area (Å²) in [6, 6.07) is 8.44. The van der Waals surface area contributed by atoms with Gasteiger partial charge in [0.25, 0.3) is 0 Å². The summed E-state index contributed by atoms with van der Waals surface area (Å²) in [5.74, 6) is 1.88. The van der Waals surface area contributed by atoms with E-state index in [4.69, 9.17) is 0 Å². The second kappa shape index (κ2) is 7.74. The van der Waals surface area contributed by atoms with E-state index in [1.54, 1.807) is 0 Å². The molecule has 0 saturated heterocycles. The van der Waals surface area contributed by atoms with Gasteiger partial charge < -0.3 is 14.8 Å². The van der Waals surface area contributed by atoms with E-state index in [0.717, 1.165) is 37.7 Å². The first-order valence-electron chi connectivity index (χ1n) is 12.2. The van der Waals surface area contributed by atoms with E-state index in [1.807, 2.05) is 6.33 Å². The Morgan fingerprint density at radius 2 is 1.94 bits per heavy atom. The van der Waals surface area contributed by atoms with Crippen molar-refractivity contribution < 1.29 is 10.2 Å². The second-order valence-electron chi connectivity index (χ2n) is 11.2. The number of benzene rings is 1. The number of allylic oxidation sites excluding steroid dienone is 1. The van der Waals surface area contributed by atoms with Gasteiger partial charge in [-0.15, -0.1) is 0 Å². The van der Waals surface area contributed by atoms with Crippen LogP contribution < -0.4 is 0 Å². The summed E-state index contributed by atoms with van der Waals surface area (Å²) in [5.41, 5.74) is 4.03. The molecule has 5 rings (SSSR count). The molecule has 1 aromatic carbocycles. The highest BCUT2D eigenvalue weighted by molar-refractivity contribution is 5.74. The molecule has 0 unspecified atom stereocenters. The fourth-order valence-corrected chi connectivity index (χ4v) is 7.82. The van der Waals surface area contributed by atoms with Gasteiger partial charge in [0.05, 0.1) is 23.5 Å². The van der Waals surface area contributed by atoms with Crippen LogP contribution in [0.5, 0.6) is 0 Å². The van der Waals surface area contributed by atoms with Crippen molar-refractivity contribution in [2.24, 2.45) is 34.5 Å². The molecule has 1 heterocycles. The lowest BCUT2D eigenvalue weighted by atomic mass is 9.49. The van der Waals surface area contributed by atoms with Crippen molar-refractivity contribution in [3.8, 4) is 0 Å². The molecule has 3 saturated carbocycles. The summed E-state index contributed by atoms with van der Waals surface area (Å²) in [5, 5.41) is 20.6. The summed E-state index contributed by atoms with van der Waals surface area (Å²) >= 11 is 0. The number of aromatic nitrogens is 2. The Morgan fingerprint density at radius 3 is 2.74 bits per heavy atom. The van der Waals surface area contributed by atoms with Crippen molar-refractivity contribution in [3.05, 3.63) is 42.7 Å². The van der Waals surface area contributed by atoms with E-state index in [1.165, 1.54) is 30.4 Å². The Morgan fingerprint density at radius 1 is 1.13 bits per heavy atom. The number of rotatable bonds is 4. The van der Waals surface area contributed by atoms with Crippen LogP contribution in [0.4, 0.5) is 0 Å². The van der Waals surface area contributed by atoms with Crippen LogP contribution in [-0.4, -0.2) is 32.5 Å². The van der Waals surface area contributed by atoms with Crippen molar-refractivity contribution >= 4 is 11.0 Å². The first-order valence-corrected chi connectivity index (χ1v) is 12.2. The van der Waals surface area contributed by atoms with Crippen molar-refractivity contribution in [2.75, 3.05) is 6.61 Å². The molecule has 3 fully saturated rings. The van der Waals surface area contributed by atoms with Gasteiger partial charge in [-0.05, 0) is 91.6 Å². The minimum Gasteiger partial charge on any atom is -0.396 e. The zero-order valence-corrected chi connectivity index (χ0v) is 19.1. The Bertz CT molecular complexity index is 967. The van der Waals surface area contributed by atoms with Crippen LogP contribution in [-0.2, 0) is 6.54 Å². The lowest BCUT2D eigenvalue weighted by Gasteiger charge is -2.56. The summed E-state index contributed by atoms with van der Waals surface area (Å²) in [4.78, 5) is 4.67. The smallest absolute Gasteiger partial charge is 0.0958 e. The van der Waals surface area contributed by atoms with Crippen LogP contribution in [0.3, 0.4) is 0 Å². The minimum absolute atomic E-state index is 0.0697. The number of hydrogen-bond donors (Lipinski definition) is 2. The number of para-hydroxylation sites is 2. The third-order valence-corrected chi connectivity index (χ3v) is 9.90. The highest BCUT2D eigenvalue weighted by atomic mass is 16.3. The Kier molecular flexibility index (Phi) is 5.29. The molecule has 0 aliphatic heterocycles. The van der Waals surface area contributed by atoms with Crippen LogP contribution in [0.2, 0.25) is 0 Å². The van der Waals surface area contributed by atoms with E-state index < -0.39 is 0 Å². The van der Waals surface area contributed by atoms with Gasteiger partial charge >= 0.3 is 0 Å². The predicted octanol–water partition coefficient (Wildman–Crippen LogP) is 5.19. The van der Waals surface area contributed by atoms with Gasteiger partial charge in [-0.25, -0.2) is 4.98 Å². The van der Waals surface area contributed by atoms with Crippen molar-refractivity contribution in [3.63, 3.8) is 0 Å². The predicted molar refractivity (Wildman–Crippen MR) is 124 cm³/mol. The van der Waals surface area contributed by atoms with Gasteiger partial charge in [-0.2, -0.15) is 0 Å². The third-order valence-electron chi connectivity index (χ3n) is 9.90. The fourth-order valence-electron chi connectivity index (χ4n) is 7.82. The number of aliphatic hydroxyl groups excluding tert-OH is 2. The molecule has 0 bridgehead atoms. The number of nitrogens with zero attached hydrogens (tertiary/aromatic N) is 2. The molecule has 4 nitrogen and oxygen atoms in total. The summed E-state index contributed by atoms with van der Waals surface area (Å²) in [6.07, 6.45) is 9.13. The second-order valence-corrected chi connectivity index (χ2v) is 11.2. The van der Waals surface area contributed by atoms with Crippen LogP contribution >= 0.6 is 0 Å². The zero-order valence-electron chi connectivity index (χ0n) is 19.1. The standard InChI is InChI=1S/C27H38N2O2/c1-18-8-9-22-21(15-29-17-28-24-6-4-5-7-25(24)29)23(11-13-26(18,22)2)27(3)12-10-20(31)14-19(27)16-30/h4-7,17,19-23,30-31H,1,8-16H2,2-3H3/t19-,20+,21+,22+,23+,26-,27+/m1/s1. The lowest BCUT2D eigenvalue weighted by molar-refractivity contribution is -0.0973. The lowest BCUT2D eigenvalue weighted by Crippen LogP contribution is -2.52. The SMILES string of the molecule is C=C1CC[C@H]2[C@H](Cn3cnc4ccccc43)[C@@H]([C@@]3(C)CC[C@H](O)C[C@@H]3CO)CC[C@]12C. The normalized spacial score (nSPS) is 40.9. The molecular formula is C27H38N2O2. The fraction of sp³-hybridized carbons (Fsp3) is 0.667. The van der Waals surface area contributed by atoms with Gasteiger partial charge in [0.15, 0.2) is 0 Å². The van der Waals surface area contributed by atoms with E-state index in [9.17, 15) is 10.2 Å².